The normalized spacial score (nSPS) is 10.6. The minimum atomic E-state index is -0.816. The van der Waals surface area contributed by atoms with Crippen molar-refractivity contribution in [3.05, 3.63) is 70.7 Å². The van der Waals surface area contributed by atoms with Gasteiger partial charge in [-0.15, -0.1) is 11.3 Å². The fourth-order valence-corrected chi connectivity index (χ4v) is 3.05. The van der Waals surface area contributed by atoms with E-state index >= 15 is 0 Å². The van der Waals surface area contributed by atoms with E-state index in [1.54, 1.807) is 6.92 Å². The summed E-state index contributed by atoms with van der Waals surface area (Å²) >= 11 is 1.23. The molecule has 2 aromatic carbocycles. The Hall–Kier alpha value is -2.60. The highest BCUT2D eigenvalue weighted by Gasteiger charge is 2.17. The second kappa shape index (κ2) is 6.26. The van der Waals surface area contributed by atoms with Crippen LogP contribution in [0.4, 0.5) is 14.5 Å². The summed E-state index contributed by atoms with van der Waals surface area (Å²) in [5.41, 5.74) is 1.41. The van der Waals surface area contributed by atoms with Crippen LogP contribution in [0, 0.1) is 18.6 Å². The summed E-state index contributed by atoms with van der Waals surface area (Å²) in [5, 5.41) is 3.16. The maximum absolute atomic E-state index is 13.6. The van der Waals surface area contributed by atoms with Gasteiger partial charge in [-0.1, -0.05) is 30.3 Å². The van der Waals surface area contributed by atoms with Gasteiger partial charge in [0.1, 0.15) is 21.5 Å². The molecule has 0 radical (unpaired) electrons. The topological polar surface area (TPSA) is 42.0 Å². The van der Waals surface area contributed by atoms with E-state index in [9.17, 15) is 13.6 Å². The van der Waals surface area contributed by atoms with Gasteiger partial charge in [-0.2, -0.15) is 0 Å². The van der Waals surface area contributed by atoms with Crippen LogP contribution in [-0.2, 0) is 0 Å². The number of hydrogen-bond acceptors (Lipinski definition) is 3. The maximum Gasteiger partial charge on any atom is 0.267 e. The Kier molecular flexibility index (Phi) is 4.16. The average Bonchev–Trinajstić information content (AvgIpc) is 2.93. The van der Waals surface area contributed by atoms with Crippen molar-refractivity contribution in [2.24, 2.45) is 0 Å². The van der Waals surface area contributed by atoms with Gasteiger partial charge in [-0.25, -0.2) is 13.8 Å². The number of carbonyl (C=O) groups is 1. The molecular weight excluding hydrogens is 318 g/mol. The zero-order valence-corrected chi connectivity index (χ0v) is 13.0. The van der Waals surface area contributed by atoms with Gasteiger partial charge in [0.25, 0.3) is 5.91 Å². The predicted octanol–water partition coefficient (Wildman–Crippen LogP) is 4.65. The summed E-state index contributed by atoms with van der Waals surface area (Å²) in [6.45, 7) is 1.72. The largest absolute Gasteiger partial charge is 0.319 e. The molecule has 0 fully saturated rings. The number of nitrogens with one attached hydrogen (secondary N) is 1. The van der Waals surface area contributed by atoms with Crippen molar-refractivity contribution in [1.82, 2.24) is 4.98 Å². The first-order valence-electron chi connectivity index (χ1n) is 6.84. The molecule has 0 saturated heterocycles. The summed E-state index contributed by atoms with van der Waals surface area (Å²) in [5.74, 6) is -1.97. The van der Waals surface area contributed by atoms with E-state index in [1.165, 1.54) is 17.4 Å². The molecule has 1 heterocycles. The molecule has 0 bridgehead atoms. The fourth-order valence-electron chi connectivity index (χ4n) is 2.08. The molecule has 3 aromatic rings. The number of benzene rings is 2. The summed E-state index contributed by atoms with van der Waals surface area (Å²) in [6.07, 6.45) is 0. The Labute approximate surface area is 135 Å². The number of halogens is 2. The fraction of sp³-hybridized carbons (Fsp3) is 0.0588. The van der Waals surface area contributed by atoms with Crippen LogP contribution in [0.3, 0.4) is 0 Å². The number of thiazole rings is 1. The molecule has 0 aliphatic rings. The highest BCUT2D eigenvalue weighted by molar-refractivity contribution is 7.17. The number of nitrogens with zero attached hydrogens (tertiary/aromatic N) is 1. The molecule has 116 valence electrons. The maximum atomic E-state index is 13.6. The molecule has 3 nitrogen and oxygen atoms in total. The van der Waals surface area contributed by atoms with Gasteiger partial charge in [-0.05, 0) is 19.1 Å². The van der Waals surface area contributed by atoms with E-state index < -0.39 is 17.5 Å². The Bertz CT molecular complexity index is 862. The lowest BCUT2D eigenvalue weighted by atomic mass is 10.2. The number of carbonyl (C=O) groups excluding carboxylic acids is 1. The zero-order valence-electron chi connectivity index (χ0n) is 12.1. The lowest BCUT2D eigenvalue weighted by Gasteiger charge is -2.05. The van der Waals surface area contributed by atoms with E-state index in [2.05, 4.69) is 10.3 Å². The first-order chi connectivity index (χ1) is 11.0. The second-order valence-corrected chi connectivity index (χ2v) is 5.88. The summed E-state index contributed by atoms with van der Waals surface area (Å²) in [6, 6.07) is 12.5. The molecule has 0 unspecified atom stereocenters. The van der Waals surface area contributed by atoms with Crippen molar-refractivity contribution in [2.45, 2.75) is 6.92 Å². The molecule has 1 aromatic heterocycles. The van der Waals surface area contributed by atoms with Gasteiger partial charge in [0.2, 0.25) is 0 Å². The van der Waals surface area contributed by atoms with Crippen LogP contribution in [-0.4, -0.2) is 10.9 Å². The van der Waals surface area contributed by atoms with Crippen molar-refractivity contribution >= 4 is 22.9 Å². The predicted molar refractivity (Wildman–Crippen MR) is 86.6 cm³/mol. The smallest absolute Gasteiger partial charge is 0.267 e. The van der Waals surface area contributed by atoms with Crippen LogP contribution in [0.15, 0.2) is 48.5 Å². The van der Waals surface area contributed by atoms with Crippen molar-refractivity contribution in [1.29, 1.82) is 0 Å². The first-order valence-corrected chi connectivity index (χ1v) is 7.65. The third-order valence-corrected chi connectivity index (χ3v) is 4.41. The van der Waals surface area contributed by atoms with Gasteiger partial charge in [0.05, 0.1) is 11.4 Å². The molecule has 23 heavy (non-hydrogen) atoms. The molecule has 0 aliphatic heterocycles. The van der Waals surface area contributed by atoms with Crippen LogP contribution in [0.1, 0.15) is 15.4 Å². The molecular formula is C17H12F2N2OS. The van der Waals surface area contributed by atoms with E-state index in [1.807, 2.05) is 30.3 Å². The first kappa shape index (κ1) is 15.3. The van der Waals surface area contributed by atoms with Crippen LogP contribution in [0.2, 0.25) is 0 Å². The van der Waals surface area contributed by atoms with Gasteiger partial charge < -0.3 is 5.32 Å². The van der Waals surface area contributed by atoms with Crippen LogP contribution >= 0.6 is 11.3 Å². The number of aromatic nitrogens is 1. The SMILES string of the molecule is Cc1nc(-c2ccccc2)sc1C(=O)Nc1ccc(F)cc1F. The minimum Gasteiger partial charge on any atom is -0.319 e. The van der Waals surface area contributed by atoms with E-state index in [0.29, 0.717) is 15.6 Å². The Balaban J connectivity index is 1.87. The van der Waals surface area contributed by atoms with E-state index in [-0.39, 0.29) is 5.69 Å². The molecule has 0 saturated carbocycles. The Morgan fingerprint density at radius 2 is 1.87 bits per heavy atom. The standard InChI is InChI=1S/C17H12F2N2OS/c1-10-15(23-17(20-10)11-5-3-2-4-6-11)16(22)21-14-8-7-12(18)9-13(14)19/h2-9H,1H3,(H,21,22). The molecule has 0 atom stereocenters. The molecule has 6 heteroatoms. The Morgan fingerprint density at radius 1 is 1.13 bits per heavy atom. The van der Waals surface area contributed by atoms with Crippen LogP contribution in [0.5, 0.6) is 0 Å². The van der Waals surface area contributed by atoms with Gasteiger partial charge >= 0.3 is 0 Å². The summed E-state index contributed by atoms with van der Waals surface area (Å²) < 4.78 is 26.5. The van der Waals surface area contributed by atoms with Crippen LogP contribution < -0.4 is 5.32 Å². The molecule has 0 spiro atoms. The third-order valence-electron chi connectivity index (χ3n) is 3.20. The lowest BCUT2D eigenvalue weighted by molar-refractivity contribution is 0.102. The highest BCUT2D eigenvalue weighted by Crippen LogP contribution is 2.28. The van der Waals surface area contributed by atoms with Crippen molar-refractivity contribution in [3.8, 4) is 10.6 Å². The molecule has 1 amide bonds. The lowest BCUT2D eigenvalue weighted by Crippen LogP contribution is -2.12. The molecule has 0 aliphatic carbocycles. The second-order valence-electron chi connectivity index (χ2n) is 4.88. The quantitative estimate of drug-likeness (QED) is 0.759. The number of anilines is 1. The monoisotopic (exact) mass is 330 g/mol. The average molecular weight is 330 g/mol. The van der Waals surface area contributed by atoms with Crippen LogP contribution in [0.25, 0.3) is 10.6 Å². The molecule has 3 rings (SSSR count). The third kappa shape index (κ3) is 3.27. The summed E-state index contributed by atoms with van der Waals surface area (Å²) in [4.78, 5) is 17.1. The number of rotatable bonds is 3. The highest BCUT2D eigenvalue weighted by atomic mass is 32.1. The Morgan fingerprint density at radius 3 is 2.57 bits per heavy atom. The number of hydrogen-bond donors (Lipinski definition) is 1. The number of aryl methyl sites for hydroxylation is 1. The number of amides is 1. The van der Waals surface area contributed by atoms with E-state index in [0.717, 1.165) is 17.7 Å². The van der Waals surface area contributed by atoms with Crippen molar-refractivity contribution < 1.29 is 13.6 Å². The van der Waals surface area contributed by atoms with Crippen molar-refractivity contribution in [2.75, 3.05) is 5.32 Å². The molecule has 1 N–H and O–H groups in total. The van der Waals surface area contributed by atoms with Gasteiger partial charge in [0.15, 0.2) is 0 Å². The summed E-state index contributed by atoms with van der Waals surface area (Å²) in [7, 11) is 0. The van der Waals surface area contributed by atoms with E-state index in [4.69, 9.17) is 0 Å². The zero-order chi connectivity index (χ0) is 16.4. The van der Waals surface area contributed by atoms with Gasteiger partial charge in [-0.3, -0.25) is 4.79 Å². The van der Waals surface area contributed by atoms with Gasteiger partial charge in [0, 0.05) is 11.6 Å². The minimum absolute atomic E-state index is 0.0644. The van der Waals surface area contributed by atoms with Crippen molar-refractivity contribution in [3.63, 3.8) is 0 Å².